The molecule has 0 bridgehead atoms. The van der Waals surface area contributed by atoms with Crippen molar-refractivity contribution in [1.29, 1.82) is 0 Å². The zero-order chi connectivity index (χ0) is 26.9. The van der Waals surface area contributed by atoms with Crippen molar-refractivity contribution in [2.75, 3.05) is 10.7 Å². The Bertz CT molecular complexity index is 1400. The van der Waals surface area contributed by atoms with Crippen molar-refractivity contribution in [3.63, 3.8) is 0 Å². The third-order valence-electron chi connectivity index (χ3n) is 6.48. The van der Waals surface area contributed by atoms with E-state index in [-0.39, 0.29) is 23.5 Å². The van der Waals surface area contributed by atoms with E-state index in [1.807, 2.05) is 36.4 Å². The summed E-state index contributed by atoms with van der Waals surface area (Å²) in [5, 5.41) is 19.9. The van der Waals surface area contributed by atoms with Crippen molar-refractivity contribution in [2.45, 2.75) is 23.6 Å². The van der Waals surface area contributed by atoms with Crippen molar-refractivity contribution in [3.05, 3.63) is 114 Å². The Morgan fingerprint density at radius 1 is 0.921 bits per heavy atom. The van der Waals surface area contributed by atoms with E-state index in [1.54, 1.807) is 41.6 Å². The molecule has 3 aromatic carbocycles. The zero-order valence-corrected chi connectivity index (χ0v) is 20.7. The number of benzene rings is 3. The van der Waals surface area contributed by atoms with E-state index in [1.165, 1.54) is 23.9 Å². The van der Waals surface area contributed by atoms with Crippen LogP contribution in [0.3, 0.4) is 0 Å². The van der Waals surface area contributed by atoms with Crippen LogP contribution >= 0.6 is 11.8 Å². The van der Waals surface area contributed by atoms with Gasteiger partial charge in [0.05, 0.1) is 17.7 Å². The number of carbonyl (C=O) groups is 1. The first-order valence-corrected chi connectivity index (χ1v) is 12.9. The fourth-order valence-corrected chi connectivity index (χ4v) is 5.74. The second kappa shape index (κ2) is 10.5. The number of amides is 1. The van der Waals surface area contributed by atoms with E-state index in [4.69, 9.17) is 0 Å². The first-order chi connectivity index (χ1) is 18.2. The highest BCUT2D eigenvalue weighted by Gasteiger charge is 2.49. The monoisotopic (exact) mass is 536 g/mol. The lowest BCUT2D eigenvalue weighted by Crippen LogP contribution is -2.57. The number of anilines is 1. The molecule has 2 N–H and O–H groups in total. The van der Waals surface area contributed by atoms with Gasteiger partial charge in [-0.3, -0.25) is 9.78 Å². The summed E-state index contributed by atoms with van der Waals surface area (Å²) in [6.07, 6.45) is -2.03. The van der Waals surface area contributed by atoms with Gasteiger partial charge in [0.25, 0.3) is 0 Å². The van der Waals surface area contributed by atoms with Crippen LogP contribution in [0.25, 0.3) is 11.1 Å². The molecule has 0 unspecified atom stereocenters. The second-order valence-electron chi connectivity index (χ2n) is 8.92. The van der Waals surface area contributed by atoms with Crippen LogP contribution in [-0.4, -0.2) is 32.1 Å². The SMILES string of the molecule is O=C1[C@H](SC[C@H](O)c2ccc(C(F)(F)F)cc2)[C@@H](c2ccc(O)cc2)N1c1ccc(-c2cccnc2)cc1. The van der Waals surface area contributed by atoms with Crippen molar-refractivity contribution >= 4 is 23.4 Å². The number of aromatic hydroxyl groups is 1. The number of phenolic OH excluding ortho intramolecular Hbond substituents is 1. The number of rotatable bonds is 7. The number of β-lactam (4-membered cyclic amide) rings is 1. The lowest BCUT2D eigenvalue weighted by molar-refractivity contribution is -0.137. The Morgan fingerprint density at radius 2 is 1.61 bits per heavy atom. The number of aliphatic hydroxyl groups is 1. The lowest BCUT2D eigenvalue weighted by Gasteiger charge is -2.47. The molecule has 0 saturated carbocycles. The van der Waals surface area contributed by atoms with Crippen LogP contribution in [0.15, 0.2) is 97.3 Å². The number of carbonyl (C=O) groups excluding carboxylic acids is 1. The molecule has 1 aromatic heterocycles. The highest BCUT2D eigenvalue weighted by Crippen LogP contribution is 2.46. The molecule has 5 nitrogen and oxygen atoms in total. The normalized spacial score (nSPS) is 18.2. The van der Waals surface area contributed by atoms with Crippen LogP contribution in [0.4, 0.5) is 18.9 Å². The van der Waals surface area contributed by atoms with Gasteiger partial charge in [0.15, 0.2) is 0 Å². The minimum atomic E-state index is -4.45. The smallest absolute Gasteiger partial charge is 0.416 e. The summed E-state index contributed by atoms with van der Waals surface area (Å²) in [6, 6.07) is 22.0. The molecule has 1 aliphatic heterocycles. The van der Waals surface area contributed by atoms with Gasteiger partial charge in [-0.25, -0.2) is 0 Å². The number of thioether (sulfide) groups is 1. The summed E-state index contributed by atoms with van der Waals surface area (Å²) in [7, 11) is 0. The van der Waals surface area contributed by atoms with Crippen LogP contribution in [0.2, 0.25) is 0 Å². The molecule has 38 heavy (non-hydrogen) atoms. The number of hydrogen-bond donors (Lipinski definition) is 2. The van der Waals surface area contributed by atoms with E-state index in [2.05, 4.69) is 4.98 Å². The molecule has 1 saturated heterocycles. The van der Waals surface area contributed by atoms with Crippen LogP contribution in [0.1, 0.15) is 28.8 Å². The van der Waals surface area contributed by atoms with Crippen LogP contribution in [0.5, 0.6) is 5.75 Å². The van der Waals surface area contributed by atoms with Crippen LogP contribution in [0, 0.1) is 0 Å². The summed E-state index contributed by atoms with van der Waals surface area (Å²) >= 11 is 1.26. The first kappa shape index (κ1) is 25.8. The summed E-state index contributed by atoms with van der Waals surface area (Å²) in [4.78, 5) is 19.1. The number of nitrogens with zero attached hydrogens (tertiary/aromatic N) is 2. The molecule has 2 heterocycles. The number of halogens is 3. The molecule has 0 spiro atoms. The van der Waals surface area contributed by atoms with Crippen molar-refractivity contribution in [1.82, 2.24) is 4.98 Å². The number of phenols is 1. The summed E-state index contributed by atoms with van der Waals surface area (Å²) in [6.45, 7) is 0. The number of pyridine rings is 1. The van der Waals surface area contributed by atoms with E-state index in [9.17, 15) is 28.2 Å². The maximum atomic E-state index is 13.3. The molecule has 3 atom stereocenters. The van der Waals surface area contributed by atoms with Gasteiger partial charge in [-0.05, 0) is 64.7 Å². The fourth-order valence-electron chi connectivity index (χ4n) is 4.44. The minimum absolute atomic E-state index is 0.105. The Balaban J connectivity index is 1.34. The molecular weight excluding hydrogens is 513 g/mol. The largest absolute Gasteiger partial charge is 0.508 e. The van der Waals surface area contributed by atoms with Crippen molar-refractivity contribution < 1.29 is 28.2 Å². The average molecular weight is 537 g/mol. The van der Waals surface area contributed by atoms with Gasteiger partial charge in [0.1, 0.15) is 11.0 Å². The van der Waals surface area contributed by atoms with E-state index < -0.39 is 23.1 Å². The van der Waals surface area contributed by atoms with E-state index in [0.29, 0.717) is 11.3 Å². The van der Waals surface area contributed by atoms with Crippen molar-refractivity contribution in [3.8, 4) is 16.9 Å². The van der Waals surface area contributed by atoms with Gasteiger partial charge in [0.2, 0.25) is 5.91 Å². The molecule has 5 rings (SSSR count). The Labute approximate surface area is 221 Å². The number of hydrogen-bond acceptors (Lipinski definition) is 5. The van der Waals surface area contributed by atoms with Crippen LogP contribution in [-0.2, 0) is 11.0 Å². The van der Waals surface area contributed by atoms with Gasteiger partial charge in [-0.15, -0.1) is 11.8 Å². The molecule has 1 fully saturated rings. The molecule has 1 amide bonds. The quantitative estimate of drug-likeness (QED) is 0.268. The maximum absolute atomic E-state index is 13.3. The Hall–Kier alpha value is -3.82. The molecule has 1 aliphatic rings. The molecular formula is C29H23F3N2O3S. The number of aromatic nitrogens is 1. The van der Waals surface area contributed by atoms with Gasteiger partial charge in [-0.2, -0.15) is 13.2 Å². The predicted octanol–water partition coefficient (Wildman–Crippen LogP) is 6.40. The topological polar surface area (TPSA) is 73.7 Å². The minimum Gasteiger partial charge on any atom is -0.508 e. The average Bonchev–Trinajstić information content (AvgIpc) is 2.92. The third kappa shape index (κ3) is 5.25. The highest BCUT2D eigenvalue weighted by molar-refractivity contribution is 8.00. The fraction of sp³-hybridized carbons (Fsp3) is 0.172. The zero-order valence-electron chi connectivity index (χ0n) is 19.9. The highest BCUT2D eigenvalue weighted by atomic mass is 32.2. The molecule has 4 aromatic rings. The van der Waals surface area contributed by atoms with Crippen LogP contribution < -0.4 is 4.90 Å². The second-order valence-corrected chi connectivity index (χ2v) is 10.1. The molecule has 9 heteroatoms. The summed E-state index contributed by atoms with van der Waals surface area (Å²) in [5.41, 5.74) is 3.01. The Kier molecular flexibility index (Phi) is 7.14. The Morgan fingerprint density at radius 3 is 2.21 bits per heavy atom. The number of alkyl halides is 3. The molecule has 0 aliphatic carbocycles. The maximum Gasteiger partial charge on any atom is 0.416 e. The van der Waals surface area contributed by atoms with Gasteiger partial charge in [0, 0.05) is 23.8 Å². The predicted molar refractivity (Wildman–Crippen MR) is 141 cm³/mol. The summed E-state index contributed by atoms with van der Waals surface area (Å²) in [5.74, 6) is 0.0972. The third-order valence-corrected chi connectivity index (χ3v) is 7.80. The number of aliphatic hydroxyl groups excluding tert-OH is 1. The molecule has 194 valence electrons. The van der Waals surface area contributed by atoms with Crippen molar-refractivity contribution in [2.24, 2.45) is 0 Å². The van der Waals surface area contributed by atoms with Gasteiger partial charge < -0.3 is 15.1 Å². The van der Waals surface area contributed by atoms with Gasteiger partial charge in [-0.1, -0.05) is 42.5 Å². The standard InChI is InChI=1S/C29H23F3N2O3S/c30-29(31,32)22-9-3-19(4-10-22)25(36)17-38-27-26(20-7-13-24(35)14-8-20)34(28(27)37)23-11-5-18(6-12-23)21-2-1-15-33-16-21/h1-16,25-27,35-36H,17H2/t25-,26+,27+/m0/s1. The van der Waals surface area contributed by atoms with E-state index >= 15 is 0 Å². The van der Waals surface area contributed by atoms with E-state index in [0.717, 1.165) is 28.8 Å². The first-order valence-electron chi connectivity index (χ1n) is 11.8. The lowest BCUT2D eigenvalue weighted by atomic mass is 9.92. The van der Waals surface area contributed by atoms with Gasteiger partial charge >= 0.3 is 6.18 Å². The molecule has 0 radical (unpaired) electrons. The summed E-state index contributed by atoms with van der Waals surface area (Å²) < 4.78 is 38.6.